The van der Waals surface area contributed by atoms with Crippen molar-refractivity contribution in [2.24, 2.45) is 0 Å². The predicted molar refractivity (Wildman–Crippen MR) is 72.8 cm³/mol. The van der Waals surface area contributed by atoms with Gasteiger partial charge in [-0.15, -0.1) is 0 Å². The fraction of sp³-hybridized carbons (Fsp3) is 0.385. The number of rotatable bonds is 6. The summed E-state index contributed by atoms with van der Waals surface area (Å²) in [7, 11) is -3.79. The van der Waals surface area contributed by atoms with Crippen molar-refractivity contribution in [3.05, 3.63) is 29.3 Å². The zero-order chi connectivity index (χ0) is 15.3. The molecule has 0 atom stereocenters. The Balaban J connectivity index is 3.30. The summed E-state index contributed by atoms with van der Waals surface area (Å²) in [6.45, 7) is 3.59. The average Bonchev–Trinajstić information content (AvgIpc) is 2.39. The predicted octanol–water partition coefficient (Wildman–Crippen LogP) is 1.62. The molecule has 0 saturated carbocycles. The highest BCUT2D eigenvalue weighted by molar-refractivity contribution is 7.89. The van der Waals surface area contributed by atoms with Gasteiger partial charge in [-0.25, -0.2) is 13.2 Å². The third-order valence-corrected chi connectivity index (χ3v) is 4.99. The first-order valence-corrected chi connectivity index (χ1v) is 7.49. The molecule has 1 rings (SSSR count). The van der Waals surface area contributed by atoms with Gasteiger partial charge >= 0.3 is 5.97 Å². The van der Waals surface area contributed by atoms with Gasteiger partial charge in [0.15, 0.2) is 0 Å². The summed E-state index contributed by atoms with van der Waals surface area (Å²) in [5.41, 5.74) is 0.399. The van der Waals surface area contributed by atoms with E-state index in [4.69, 9.17) is 10.4 Å². The van der Waals surface area contributed by atoms with Crippen LogP contribution >= 0.6 is 0 Å². The monoisotopic (exact) mass is 296 g/mol. The van der Waals surface area contributed by atoms with Crippen LogP contribution in [0.5, 0.6) is 0 Å². The SMILES string of the molecule is CCN(CCC#N)S(=O)(=O)c1cc(C(=O)O)ccc1C. The standard InChI is InChI=1S/C13H16N2O4S/c1-3-15(8-4-7-14)20(18,19)12-9-11(13(16)17)6-5-10(12)2/h5-6,9H,3-4,8H2,1-2H3,(H,16,17). The van der Waals surface area contributed by atoms with Gasteiger partial charge in [0.2, 0.25) is 10.0 Å². The molecule has 20 heavy (non-hydrogen) atoms. The number of hydrogen-bond donors (Lipinski definition) is 1. The van der Waals surface area contributed by atoms with Gasteiger partial charge in [0.1, 0.15) is 0 Å². The van der Waals surface area contributed by atoms with Gasteiger partial charge in [-0.3, -0.25) is 0 Å². The summed E-state index contributed by atoms with van der Waals surface area (Å²) in [6, 6.07) is 5.88. The van der Waals surface area contributed by atoms with Crippen LogP contribution in [0.25, 0.3) is 0 Å². The number of carboxylic acids is 1. The first-order valence-electron chi connectivity index (χ1n) is 6.05. The zero-order valence-electron chi connectivity index (χ0n) is 11.3. The molecule has 0 heterocycles. The largest absolute Gasteiger partial charge is 0.478 e. The highest BCUT2D eigenvalue weighted by atomic mass is 32.2. The molecular weight excluding hydrogens is 280 g/mol. The number of carbonyl (C=O) groups is 1. The maximum atomic E-state index is 12.5. The van der Waals surface area contributed by atoms with Gasteiger partial charge in [0.25, 0.3) is 0 Å². The molecule has 0 aromatic heterocycles. The third-order valence-electron chi connectivity index (χ3n) is 2.88. The number of carboxylic acid groups (broad SMARTS) is 1. The minimum absolute atomic E-state index is 0.0304. The molecular formula is C13H16N2O4S. The molecule has 1 N–H and O–H groups in total. The lowest BCUT2D eigenvalue weighted by Crippen LogP contribution is -2.32. The molecule has 0 aliphatic rings. The Bertz CT molecular complexity index is 647. The van der Waals surface area contributed by atoms with E-state index in [-0.39, 0.29) is 30.0 Å². The fourth-order valence-electron chi connectivity index (χ4n) is 1.77. The number of aryl methyl sites for hydroxylation is 1. The van der Waals surface area contributed by atoms with Gasteiger partial charge in [-0.2, -0.15) is 9.57 Å². The quantitative estimate of drug-likeness (QED) is 0.860. The van der Waals surface area contributed by atoms with Crippen LogP contribution in [0.1, 0.15) is 29.3 Å². The molecule has 0 amide bonds. The Hall–Kier alpha value is -1.91. The maximum Gasteiger partial charge on any atom is 0.335 e. The molecule has 0 fully saturated rings. The smallest absolute Gasteiger partial charge is 0.335 e. The summed E-state index contributed by atoms with van der Waals surface area (Å²) in [5.74, 6) is -1.18. The number of nitrogens with zero attached hydrogens (tertiary/aromatic N) is 2. The third kappa shape index (κ3) is 3.35. The second-order valence-electron chi connectivity index (χ2n) is 4.19. The van der Waals surface area contributed by atoms with Crippen LogP contribution in [-0.2, 0) is 10.0 Å². The van der Waals surface area contributed by atoms with Crippen molar-refractivity contribution in [3.8, 4) is 6.07 Å². The van der Waals surface area contributed by atoms with E-state index < -0.39 is 16.0 Å². The van der Waals surface area contributed by atoms with Crippen LogP contribution in [0.15, 0.2) is 23.1 Å². The van der Waals surface area contributed by atoms with E-state index in [0.29, 0.717) is 5.56 Å². The number of hydrogen-bond acceptors (Lipinski definition) is 4. The molecule has 0 unspecified atom stereocenters. The topological polar surface area (TPSA) is 98.5 Å². The molecule has 0 saturated heterocycles. The van der Waals surface area contributed by atoms with Crippen LogP contribution in [0.4, 0.5) is 0 Å². The van der Waals surface area contributed by atoms with E-state index >= 15 is 0 Å². The summed E-state index contributed by atoms with van der Waals surface area (Å²) >= 11 is 0. The highest BCUT2D eigenvalue weighted by Gasteiger charge is 2.25. The van der Waals surface area contributed by atoms with E-state index in [2.05, 4.69) is 0 Å². The van der Waals surface area contributed by atoms with Crippen molar-refractivity contribution in [1.82, 2.24) is 4.31 Å². The van der Waals surface area contributed by atoms with Crippen molar-refractivity contribution in [2.75, 3.05) is 13.1 Å². The minimum Gasteiger partial charge on any atom is -0.478 e. The first kappa shape index (κ1) is 16.1. The van der Waals surface area contributed by atoms with Gasteiger partial charge in [-0.05, 0) is 24.6 Å². The molecule has 1 aromatic carbocycles. The molecule has 0 aliphatic heterocycles. The lowest BCUT2D eigenvalue weighted by molar-refractivity contribution is 0.0696. The number of benzene rings is 1. The van der Waals surface area contributed by atoms with Crippen LogP contribution in [0, 0.1) is 18.3 Å². The molecule has 0 bridgehead atoms. The normalized spacial score (nSPS) is 11.3. The van der Waals surface area contributed by atoms with Crippen LogP contribution < -0.4 is 0 Å². The highest BCUT2D eigenvalue weighted by Crippen LogP contribution is 2.21. The van der Waals surface area contributed by atoms with Crippen molar-refractivity contribution in [1.29, 1.82) is 5.26 Å². The van der Waals surface area contributed by atoms with Crippen LogP contribution in [0.2, 0.25) is 0 Å². The molecule has 1 aromatic rings. The Kier molecular flexibility index (Phi) is 5.25. The van der Waals surface area contributed by atoms with E-state index in [1.165, 1.54) is 16.4 Å². The lowest BCUT2D eigenvalue weighted by Gasteiger charge is -2.20. The first-order chi connectivity index (χ1) is 9.34. The van der Waals surface area contributed by atoms with E-state index in [9.17, 15) is 13.2 Å². The lowest BCUT2D eigenvalue weighted by atomic mass is 10.1. The molecule has 108 valence electrons. The van der Waals surface area contributed by atoms with Crippen molar-refractivity contribution in [3.63, 3.8) is 0 Å². The van der Waals surface area contributed by atoms with Crippen LogP contribution in [-0.4, -0.2) is 36.9 Å². The Morgan fingerprint density at radius 2 is 2.10 bits per heavy atom. The Morgan fingerprint density at radius 1 is 1.45 bits per heavy atom. The fourth-order valence-corrected chi connectivity index (χ4v) is 3.47. The zero-order valence-corrected chi connectivity index (χ0v) is 12.1. The van der Waals surface area contributed by atoms with Crippen molar-refractivity contribution in [2.45, 2.75) is 25.2 Å². The molecule has 7 heteroatoms. The Morgan fingerprint density at radius 3 is 2.60 bits per heavy atom. The number of nitriles is 1. The molecule has 0 aliphatic carbocycles. The summed E-state index contributed by atoms with van der Waals surface area (Å²) in [4.78, 5) is 10.9. The Labute approximate surface area is 118 Å². The maximum absolute atomic E-state index is 12.5. The number of sulfonamides is 1. The van der Waals surface area contributed by atoms with E-state index in [1.807, 2.05) is 6.07 Å². The van der Waals surface area contributed by atoms with E-state index in [0.717, 1.165) is 6.07 Å². The van der Waals surface area contributed by atoms with Crippen LogP contribution in [0.3, 0.4) is 0 Å². The summed E-state index contributed by atoms with van der Waals surface area (Å²) < 4.78 is 26.1. The van der Waals surface area contributed by atoms with Crippen molar-refractivity contribution >= 4 is 16.0 Å². The molecule has 0 radical (unpaired) electrons. The van der Waals surface area contributed by atoms with Gasteiger partial charge in [-0.1, -0.05) is 13.0 Å². The van der Waals surface area contributed by atoms with Crippen molar-refractivity contribution < 1.29 is 18.3 Å². The van der Waals surface area contributed by atoms with Gasteiger partial charge in [0, 0.05) is 19.5 Å². The van der Waals surface area contributed by atoms with Gasteiger partial charge in [0.05, 0.1) is 16.5 Å². The molecule has 0 spiro atoms. The second kappa shape index (κ2) is 6.50. The minimum atomic E-state index is -3.79. The second-order valence-corrected chi connectivity index (χ2v) is 6.10. The number of aromatic carboxylic acids is 1. The summed E-state index contributed by atoms with van der Waals surface area (Å²) in [5, 5.41) is 17.5. The molecule has 6 nitrogen and oxygen atoms in total. The van der Waals surface area contributed by atoms with Gasteiger partial charge < -0.3 is 5.11 Å². The summed E-state index contributed by atoms with van der Waals surface area (Å²) in [6.07, 6.45) is 0.0880. The average molecular weight is 296 g/mol. The van der Waals surface area contributed by atoms with E-state index in [1.54, 1.807) is 13.8 Å².